The highest BCUT2D eigenvalue weighted by molar-refractivity contribution is 6.03. The minimum atomic E-state index is -1.12. The van der Waals surface area contributed by atoms with Crippen molar-refractivity contribution in [3.63, 3.8) is 0 Å². The largest absolute Gasteiger partial charge is 0.504 e. The SMILES string of the molecule is COc1c(O)cc(CC(=O)O)c2c1OC(CC(C)O)CC2=O. The topological polar surface area (TPSA) is 113 Å². The van der Waals surface area contributed by atoms with E-state index in [0.29, 0.717) is 0 Å². The molecule has 2 unspecified atom stereocenters. The van der Waals surface area contributed by atoms with Gasteiger partial charge in [-0.2, -0.15) is 0 Å². The number of aromatic hydroxyl groups is 1. The highest BCUT2D eigenvalue weighted by atomic mass is 16.5. The molecule has 1 aromatic rings. The van der Waals surface area contributed by atoms with Crippen LogP contribution in [-0.4, -0.2) is 46.4 Å². The lowest BCUT2D eigenvalue weighted by Crippen LogP contribution is -2.31. The minimum absolute atomic E-state index is 0.00668. The first-order valence-electron chi connectivity index (χ1n) is 6.86. The predicted molar refractivity (Wildman–Crippen MR) is 75.7 cm³/mol. The second-order valence-electron chi connectivity index (χ2n) is 5.31. The molecular weight excluding hydrogens is 292 g/mol. The molecule has 0 radical (unpaired) electrons. The van der Waals surface area contributed by atoms with Gasteiger partial charge in [0.2, 0.25) is 5.75 Å². The molecule has 1 aliphatic rings. The number of methoxy groups -OCH3 is 1. The number of carboxylic acid groups (broad SMARTS) is 1. The second-order valence-corrected chi connectivity index (χ2v) is 5.31. The molecule has 1 aromatic carbocycles. The highest BCUT2D eigenvalue weighted by Gasteiger charge is 2.34. The molecule has 0 saturated carbocycles. The van der Waals surface area contributed by atoms with E-state index >= 15 is 0 Å². The maximum absolute atomic E-state index is 12.4. The molecule has 0 aromatic heterocycles. The summed E-state index contributed by atoms with van der Waals surface area (Å²) in [6.07, 6.45) is -1.32. The second kappa shape index (κ2) is 6.23. The molecule has 0 bridgehead atoms. The van der Waals surface area contributed by atoms with Gasteiger partial charge in [-0.1, -0.05) is 0 Å². The predicted octanol–water partition coefficient (Wildman–Crippen LogP) is 1.13. The average molecular weight is 310 g/mol. The summed E-state index contributed by atoms with van der Waals surface area (Å²) < 4.78 is 10.7. The average Bonchev–Trinajstić information content (AvgIpc) is 2.36. The number of rotatable bonds is 5. The van der Waals surface area contributed by atoms with Gasteiger partial charge in [0, 0.05) is 12.8 Å². The number of carbonyl (C=O) groups excluding carboxylic acids is 1. The van der Waals surface area contributed by atoms with Crippen molar-refractivity contribution in [2.45, 2.75) is 38.4 Å². The maximum atomic E-state index is 12.4. The van der Waals surface area contributed by atoms with Crippen molar-refractivity contribution in [3.8, 4) is 17.2 Å². The molecule has 1 aliphatic heterocycles. The summed E-state index contributed by atoms with van der Waals surface area (Å²) in [5, 5.41) is 28.3. The molecule has 7 heteroatoms. The molecule has 1 heterocycles. The van der Waals surface area contributed by atoms with Gasteiger partial charge in [-0.15, -0.1) is 0 Å². The number of phenolic OH excluding ortho intramolecular Hbond substituents is 1. The Morgan fingerprint density at radius 3 is 2.77 bits per heavy atom. The molecule has 0 saturated heterocycles. The Bertz CT molecular complexity index is 606. The number of phenols is 1. The van der Waals surface area contributed by atoms with Crippen molar-refractivity contribution in [2.24, 2.45) is 0 Å². The number of carbonyl (C=O) groups is 2. The summed E-state index contributed by atoms with van der Waals surface area (Å²) in [5.74, 6) is -1.66. The van der Waals surface area contributed by atoms with Crippen molar-refractivity contribution in [1.82, 2.24) is 0 Å². The number of carboxylic acids is 1. The fourth-order valence-corrected chi connectivity index (χ4v) is 2.63. The van der Waals surface area contributed by atoms with Crippen LogP contribution in [0.2, 0.25) is 0 Å². The zero-order valence-electron chi connectivity index (χ0n) is 12.3. The molecule has 2 atom stereocenters. The number of Topliss-reactive ketones (excluding diaryl/α,β-unsaturated/α-hetero) is 1. The molecule has 22 heavy (non-hydrogen) atoms. The molecule has 7 nitrogen and oxygen atoms in total. The number of fused-ring (bicyclic) bond motifs is 1. The molecule has 0 fully saturated rings. The van der Waals surface area contributed by atoms with Gasteiger partial charge >= 0.3 is 5.97 Å². The quantitative estimate of drug-likeness (QED) is 0.747. The Morgan fingerprint density at radius 1 is 1.55 bits per heavy atom. The van der Waals surface area contributed by atoms with Gasteiger partial charge in [0.05, 0.1) is 25.2 Å². The number of ketones is 1. The summed E-state index contributed by atoms with van der Waals surface area (Å²) in [4.78, 5) is 23.3. The van der Waals surface area contributed by atoms with Crippen molar-refractivity contribution < 1.29 is 34.4 Å². The summed E-state index contributed by atoms with van der Waals surface area (Å²) >= 11 is 0. The lowest BCUT2D eigenvalue weighted by atomic mass is 9.92. The smallest absolute Gasteiger partial charge is 0.307 e. The van der Waals surface area contributed by atoms with Crippen LogP contribution in [0.4, 0.5) is 0 Å². The van der Waals surface area contributed by atoms with Crippen molar-refractivity contribution >= 4 is 11.8 Å². The van der Waals surface area contributed by atoms with Crippen LogP contribution in [0.25, 0.3) is 0 Å². The van der Waals surface area contributed by atoms with Gasteiger partial charge < -0.3 is 24.8 Å². The molecule has 3 N–H and O–H groups in total. The van der Waals surface area contributed by atoms with Crippen molar-refractivity contribution in [2.75, 3.05) is 7.11 Å². The number of benzene rings is 1. The van der Waals surface area contributed by atoms with E-state index in [1.165, 1.54) is 13.2 Å². The Labute approximate surface area is 127 Å². The molecule has 2 rings (SSSR count). The van der Waals surface area contributed by atoms with Crippen LogP contribution in [0.5, 0.6) is 17.2 Å². The normalized spacial score (nSPS) is 18.3. The van der Waals surface area contributed by atoms with E-state index in [0.717, 1.165) is 0 Å². The van der Waals surface area contributed by atoms with Crippen LogP contribution >= 0.6 is 0 Å². The fraction of sp³-hybridized carbons (Fsp3) is 0.467. The lowest BCUT2D eigenvalue weighted by molar-refractivity contribution is -0.136. The minimum Gasteiger partial charge on any atom is -0.504 e. The van der Waals surface area contributed by atoms with E-state index in [4.69, 9.17) is 14.6 Å². The summed E-state index contributed by atoms with van der Waals surface area (Å²) in [6, 6.07) is 1.21. The summed E-state index contributed by atoms with van der Waals surface area (Å²) in [7, 11) is 1.32. The first-order chi connectivity index (χ1) is 10.3. The first kappa shape index (κ1) is 16.1. The Morgan fingerprint density at radius 2 is 2.23 bits per heavy atom. The van der Waals surface area contributed by atoms with Gasteiger partial charge in [0.1, 0.15) is 6.10 Å². The maximum Gasteiger partial charge on any atom is 0.307 e. The number of hydrogen-bond acceptors (Lipinski definition) is 6. The van der Waals surface area contributed by atoms with E-state index < -0.39 is 24.6 Å². The van der Waals surface area contributed by atoms with Crippen molar-refractivity contribution in [3.05, 3.63) is 17.2 Å². The zero-order valence-corrected chi connectivity index (χ0v) is 12.3. The van der Waals surface area contributed by atoms with E-state index in [2.05, 4.69) is 0 Å². The molecule has 0 amide bonds. The Kier molecular flexibility index (Phi) is 4.56. The molecular formula is C15H18O7. The number of aliphatic carboxylic acids is 1. The van der Waals surface area contributed by atoms with Gasteiger partial charge in [0.25, 0.3) is 0 Å². The van der Waals surface area contributed by atoms with Crippen LogP contribution in [0.15, 0.2) is 6.07 Å². The number of ether oxygens (including phenoxy) is 2. The number of aliphatic hydroxyl groups is 1. The highest BCUT2D eigenvalue weighted by Crippen LogP contribution is 2.45. The van der Waals surface area contributed by atoms with E-state index in [1.54, 1.807) is 6.92 Å². The van der Waals surface area contributed by atoms with Gasteiger partial charge in [-0.3, -0.25) is 9.59 Å². The zero-order chi connectivity index (χ0) is 16.4. The summed E-state index contributed by atoms with van der Waals surface area (Å²) in [5.41, 5.74) is 0.306. The van der Waals surface area contributed by atoms with Crippen LogP contribution in [0.3, 0.4) is 0 Å². The monoisotopic (exact) mass is 310 g/mol. The van der Waals surface area contributed by atoms with Gasteiger partial charge in [0.15, 0.2) is 17.3 Å². The fourth-order valence-electron chi connectivity index (χ4n) is 2.63. The number of hydrogen-bond donors (Lipinski definition) is 3. The van der Waals surface area contributed by atoms with E-state index in [1.807, 2.05) is 0 Å². The Balaban J connectivity index is 2.52. The molecule has 0 aliphatic carbocycles. The summed E-state index contributed by atoms with van der Waals surface area (Å²) in [6.45, 7) is 1.58. The van der Waals surface area contributed by atoms with E-state index in [9.17, 15) is 19.8 Å². The van der Waals surface area contributed by atoms with Crippen LogP contribution < -0.4 is 9.47 Å². The van der Waals surface area contributed by atoms with Crippen LogP contribution in [0.1, 0.15) is 35.7 Å². The Hall–Kier alpha value is -2.28. The lowest BCUT2D eigenvalue weighted by Gasteiger charge is -2.29. The van der Waals surface area contributed by atoms with E-state index in [-0.39, 0.29) is 47.0 Å². The third kappa shape index (κ3) is 3.14. The standard InChI is InChI=1S/C15H18O7/c1-7(16)3-9-6-10(17)13-8(5-12(19)20)4-11(18)14(21-2)15(13)22-9/h4,7,9,16,18H,3,5-6H2,1-2H3,(H,19,20). The molecule has 120 valence electrons. The number of aliphatic hydroxyl groups excluding tert-OH is 1. The third-order valence-electron chi connectivity index (χ3n) is 3.42. The van der Waals surface area contributed by atoms with Crippen molar-refractivity contribution in [1.29, 1.82) is 0 Å². The molecule has 0 spiro atoms. The third-order valence-corrected chi connectivity index (χ3v) is 3.42. The van der Waals surface area contributed by atoms with Crippen LogP contribution in [0, 0.1) is 0 Å². The van der Waals surface area contributed by atoms with Crippen LogP contribution in [-0.2, 0) is 11.2 Å². The van der Waals surface area contributed by atoms with Gasteiger partial charge in [-0.25, -0.2) is 0 Å². The first-order valence-corrected chi connectivity index (χ1v) is 6.86. The van der Waals surface area contributed by atoms with Gasteiger partial charge in [-0.05, 0) is 18.6 Å².